The van der Waals surface area contributed by atoms with Gasteiger partial charge in [-0.3, -0.25) is 0 Å². The fourth-order valence-electron chi connectivity index (χ4n) is 2.73. The quantitative estimate of drug-likeness (QED) is 0.848. The number of nitrogens with zero attached hydrogens (tertiary/aromatic N) is 2. The molecule has 1 saturated carbocycles. The molecule has 106 valence electrons. The lowest BCUT2D eigenvalue weighted by atomic mass is 9.89. The van der Waals surface area contributed by atoms with Crippen LogP contribution in [0, 0.1) is 5.92 Å². The highest BCUT2D eigenvalue weighted by Crippen LogP contribution is 2.26. The van der Waals surface area contributed by atoms with Crippen LogP contribution in [0.1, 0.15) is 38.5 Å². The molecule has 1 aromatic heterocycles. The maximum atomic E-state index is 5.89. The van der Waals surface area contributed by atoms with Gasteiger partial charge in [0.2, 0.25) is 11.8 Å². The van der Waals surface area contributed by atoms with Gasteiger partial charge in [-0.1, -0.05) is 38.0 Å². The average Bonchev–Trinajstić information content (AvgIpc) is 2.95. The minimum Gasteiger partial charge on any atom is -0.418 e. The van der Waals surface area contributed by atoms with Gasteiger partial charge in [0.15, 0.2) is 0 Å². The van der Waals surface area contributed by atoms with Gasteiger partial charge in [0.1, 0.15) is 6.61 Å². The Hall–Kier alpha value is -1.68. The van der Waals surface area contributed by atoms with Gasteiger partial charge in [0, 0.05) is 5.56 Å². The second-order valence-corrected chi connectivity index (χ2v) is 5.57. The predicted molar refractivity (Wildman–Crippen MR) is 75.9 cm³/mol. The minimum atomic E-state index is 0.339. The van der Waals surface area contributed by atoms with Crippen LogP contribution < -0.4 is 0 Å². The number of hydrogen-bond acceptors (Lipinski definition) is 4. The Morgan fingerprint density at radius 2 is 2.05 bits per heavy atom. The molecule has 0 N–H and O–H groups in total. The van der Waals surface area contributed by atoms with Crippen LogP contribution in [0.2, 0.25) is 0 Å². The van der Waals surface area contributed by atoms with Crippen molar-refractivity contribution in [1.82, 2.24) is 10.2 Å². The Kier molecular flexibility index (Phi) is 4.11. The Balaban J connectivity index is 1.58. The Bertz CT molecular complexity index is 538. The van der Waals surface area contributed by atoms with E-state index in [0.717, 1.165) is 24.3 Å². The van der Waals surface area contributed by atoms with Crippen molar-refractivity contribution >= 4 is 0 Å². The predicted octanol–water partition coefficient (Wildman–Crippen LogP) is 3.83. The third kappa shape index (κ3) is 3.25. The van der Waals surface area contributed by atoms with Crippen molar-refractivity contribution in [3.8, 4) is 11.5 Å². The van der Waals surface area contributed by atoms with Crippen molar-refractivity contribution in [2.45, 2.75) is 45.3 Å². The van der Waals surface area contributed by atoms with Gasteiger partial charge in [0.05, 0.1) is 6.10 Å². The van der Waals surface area contributed by atoms with Gasteiger partial charge in [-0.15, -0.1) is 10.2 Å². The highest BCUT2D eigenvalue weighted by molar-refractivity contribution is 5.51. The average molecular weight is 272 g/mol. The lowest BCUT2D eigenvalue weighted by Crippen LogP contribution is -2.21. The van der Waals surface area contributed by atoms with Crippen molar-refractivity contribution in [2.24, 2.45) is 5.92 Å². The van der Waals surface area contributed by atoms with Gasteiger partial charge >= 0.3 is 0 Å². The molecule has 1 fully saturated rings. The summed E-state index contributed by atoms with van der Waals surface area (Å²) < 4.78 is 11.5. The number of ether oxygens (including phenoxy) is 1. The third-order valence-corrected chi connectivity index (χ3v) is 3.82. The van der Waals surface area contributed by atoms with Gasteiger partial charge in [-0.05, 0) is 30.9 Å². The molecule has 3 rings (SSSR count). The van der Waals surface area contributed by atoms with Gasteiger partial charge in [-0.25, -0.2) is 0 Å². The zero-order valence-electron chi connectivity index (χ0n) is 11.8. The lowest BCUT2D eigenvalue weighted by molar-refractivity contribution is -0.00444. The molecule has 0 aliphatic heterocycles. The molecule has 1 heterocycles. The molecule has 0 spiro atoms. The van der Waals surface area contributed by atoms with Crippen LogP contribution in [-0.2, 0) is 11.3 Å². The number of rotatable bonds is 4. The zero-order valence-corrected chi connectivity index (χ0v) is 11.8. The first-order valence-corrected chi connectivity index (χ1v) is 7.30. The molecule has 2 aromatic rings. The Morgan fingerprint density at radius 3 is 2.85 bits per heavy atom. The zero-order chi connectivity index (χ0) is 13.8. The van der Waals surface area contributed by atoms with Crippen LogP contribution in [0.15, 0.2) is 34.7 Å². The topological polar surface area (TPSA) is 48.2 Å². The normalized spacial score (nSPS) is 22.9. The van der Waals surface area contributed by atoms with E-state index in [4.69, 9.17) is 9.15 Å². The molecule has 1 aliphatic rings. The number of hydrogen-bond donors (Lipinski definition) is 0. The minimum absolute atomic E-state index is 0.339. The Labute approximate surface area is 119 Å². The number of aromatic nitrogens is 2. The van der Waals surface area contributed by atoms with Crippen LogP contribution in [0.4, 0.5) is 0 Å². The van der Waals surface area contributed by atoms with Crippen molar-refractivity contribution in [3.05, 3.63) is 36.2 Å². The first kappa shape index (κ1) is 13.3. The monoisotopic (exact) mass is 272 g/mol. The van der Waals surface area contributed by atoms with Crippen molar-refractivity contribution in [1.29, 1.82) is 0 Å². The molecule has 0 saturated heterocycles. The molecule has 1 aromatic carbocycles. The summed E-state index contributed by atoms with van der Waals surface area (Å²) in [5, 5.41) is 8.12. The molecule has 20 heavy (non-hydrogen) atoms. The maximum Gasteiger partial charge on any atom is 0.247 e. The summed E-state index contributed by atoms with van der Waals surface area (Å²) in [5.74, 6) is 1.87. The van der Waals surface area contributed by atoms with Crippen LogP contribution >= 0.6 is 0 Å². The van der Waals surface area contributed by atoms with Crippen molar-refractivity contribution < 1.29 is 9.15 Å². The molecule has 1 aliphatic carbocycles. The second-order valence-electron chi connectivity index (χ2n) is 5.57. The van der Waals surface area contributed by atoms with Crippen molar-refractivity contribution in [3.63, 3.8) is 0 Å². The summed E-state index contributed by atoms with van der Waals surface area (Å²) in [7, 11) is 0. The highest BCUT2D eigenvalue weighted by atomic mass is 16.5. The van der Waals surface area contributed by atoms with Gasteiger partial charge in [-0.2, -0.15) is 0 Å². The van der Waals surface area contributed by atoms with Gasteiger partial charge < -0.3 is 9.15 Å². The molecule has 4 heteroatoms. The fourth-order valence-corrected chi connectivity index (χ4v) is 2.73. The Morgan fingerprint density at radius 1 is 1.20 bits per heavy atom. The number of benzene rings is 1. The molecule has 0 radical (unpaired) electrons. The summed E-state index contributed by atoms with van der Waals surface area (Å²) >= 11 is 0. The molecule has 0 unspecified atom stereocenters. The van der Waals surface area contributed by atoms with E-state index in [9.17, 15) is 0 Å². The lowest BCUT2D eigenvalue weighted by Gasteiger charge is -2.26. The molecular weight excluding hydrogens is 252 g/mol. The smallest absolute Gasteiger partial charge is 0.247 e. The summed E-state index contributed by atoms with van der Waals surface area (Å²) in [6, 6.07) is 9.80. The van der Waals surface area contributed by atoms with Crippen molar-refractivity contribution in [2.75, 3.05) is 0 Å². The SMILES string of the molecule is C[C@H]1CCC[C@H](OCc2nnc(-c3ccccc3)o2)C1. The summed E-state index contributed by atoms with van der Waals surface area (Å²) in [5.41, 5.74) is 0.942. The van der Waals surface area contributed by atoms with E-state index < -0.39 is 0 Å². The highest BCUT2D eigenvalue weighted by Gasteiger charge is 2.20. The third-order valence-electron chi connectivity index (χ3n) is 3.82. The first-order chi connectivity index (χ1) is 9.81. The van der Waals surface area contributed by atoms with Crippen LogP contribution in [0.5, 0.6) is 0 Å². The standard InChI is InChI=1S/C16H20N2O2/c1-12-6-5-9-14(10-12)19-11-15-17-18-16(20-15)13-7-3-2-4-8-13/h2-4,7-8,12,14H,5-6,9-11H2,1H3/t12-,14-/m0/s1. The van der Waals surface area contributed by atoms with Crippen LogP contribution in [0.3, 0.4) is 0 Å². The largest absolute Gasteiger partial charge is 0.418 e. The van der Waals surface area contributed by atoms with E-state index in [2.05, 4.69) is 17.1 Å². The first-order valence-electron chi connectivity index (χ1n) is 7.30. The van der Waals surface area contributed by atoms with Crippen LogP contribution in [0.25, 0.3) is 11.5 Å². The fraction of sp³-hybridized carbons (Fsp3) is 0.500. The molecule has 2 atom stereocenters. The second kappa shape index (κ2) is 6.18. The van der Waals surface area contributed by atoms with E-state index in [1.54, 1.807) is 0 Å². The van der Waals surface area contributed by atoms with E-state index in [0.29, 0.717) is 24.5 Å². The van der Waals surface area contributed by atoms with E-state index in [1.807, 2.05) is 30.3 Å². The molecular formula is C16H20N2O2. The summed E-state index contributed by atoms with van der Waals surface area (Å²) in [6.07, 6.45) is 5.19. The molecule has 4 nitrogen and oxygen atoms in total. The summed E-state index contributed by atoms with van der Waals surface area (Å²) in [4.78, 5) is 0. The van der Waals surface area contributed by atoms with E-state index in [1.165, 1.54) is 12.8 Å². The van der Waals surface area contributed by atoms with E-state index in [-0.39, 0.29) is 0 Å². The van der Waals surface area contributed by atoms with Gasteiger partial charge in [0.25, 0.3) is 0 Å². The molecule has 0 bridgehead atoms. The van der Waals surface area contributed by atoms with E-state index >= 15 is 0 Å². The molecule has 0 amide bonds. The van der Waals surface area contributed by atoms with Crippen LogP contribution in [-0.4, -0.2) is 16.3 Å². The summed E-state index contributed by atoms with van der Waals surface area (Å²) in [6.45, 7) is 2.70. The maximum absolute atomic E-state index is 5.89.